The number of hydrogen-bond acceptors (Lipinski definition) is 4. The molecule has 0 aliphatic heterocycles. The summed E-state index contributed by atoms with van der Waals surface area (Å²) in [6.07, 6.45) is 1.52. The van der Waals surface area contributed by atoms with Crippen LogP contribution in [-0.4, -0.2) is 36.7 Å². The molecule has 1 aromatic carbocycles. The van der Waals surface area contributed by atoms with Crippen LogP contribution in [0.1, 0.15) is 0 Å². The SMILES string of the molecule is O.O=C(O)Cn1cc(-c2cccc(O)c2)nn1. The molecule has 2 aromatic rings. The van der Waals surface area contributed by atoms with Crippen LogP contribution in [0.25, 0.3) is 11.3 Å². The zero-order valence-electron chi connectivity index (χ0n) is 8.74. The highest BCUT2D eigenvalue weighted by Crippen LogP contribution is 2.20. The Morgan fingerprint density at radius 1 is 1.41 bits per heavy atom. The molecule has 0 amide bonds. The number of carboxylic acids is 1. The van der Waals surface area contributed by atoms with Crippen molar-refractivity contribution in [1.82, 2.24) is 15.0 Å². The number of carbonyl (C=O) groups is 1. The number of phenols is 1. The van der Waals surface area contributed by atoms with Crippen LogP contribution in [0.2, 0.25) is 0 Å². The summed E-state index contributed by atoms with van der Waals surface area (Å²) in [7, 11) is 0. The van der Waals surface area contributed by atoms with Crippen molar-refractivity contribution in [1.29, 1.82) is 0 Å². The van der Waals surface area contributed by atoms with E-state index in [9.17, 15) is 9.90 Å². The van der Waals surface area contributed by atoms with E-state index in [0.717, 1.165) is 0 Å². The lowest BCUT2D eigenvalue weighted by molar-refractivity contribution is -0.137. The Kier molecular flexibility index (Phi) is 3.78. The van der Waals surface area contributed by atoms with E-state index in [-0.39, 0.29) is 17.8 Å². The first-order valence-corrected chi connectivity index (χ1v) is 4.56. The molecule has 0 spiro atoms. The van der Waals surface area contributed by atoms with Gasteiger partial charge in [-0.15, -0.1) is 5.10 Å². The van der Waals surface area contributed by atoms with Crippen molar-refractivity contribution in [3.05, 3.63) is 30.5 Å². The Balaban J connectivity index is 0.00000144. The van der Waals surface area contributed by atoms with E-state index < -0.39 is 5.97 Å². The van der Waals surface area contributed by atoms with Crippen LogP contribution in [0.4, 0.5) is 0 Å². The van der Waals surface area contributed by atoms with Gasteiger partial charge < -0.3 is 15.7 Å². The van der Waals surface area contributed by atoms with Crippen LogP contribution in [0, 0.1) is 0 Å². The van der Waals surface area contributed by atoms with Crippen LogP contribution >= 0.6 is 0 Å². The molecule has 1 aromatic heterocycles. The number of rotatable bonds is 3. The van der Waals surface area contributed by atoms with Crippen LogP contribution in [0.5, 0.6) is 5.75 Å². The predicted octanol–water partition coefficient (Wildman–Crippen LogP) is -0.0894. The molecule has 2 rings (SSSR count). The number of aromatic hydroxyl groups is 1. The van der Waals surface area contributed by atoms with E-state index in [1.807, 2.05) is 0 Å². The fourth-order valence-electron chi connectivity index (χ4n) is 1.31. The van der Waals surface area contributed by atoms with Gasteiger partial charge in [0.2, 0.25) is 0 Å². The fourth-order valence-corrected chi connectivity index (χ4v) is 1.31. The summed E-state index contributed by atoms with van der Waals surface area (Å²) < 4.78 is 1.22. The van der Waals surface area contributed by atoms with E-state index in [2.05, 4.69) is 10.3 Å². The topological polar surface area (TPSA) is 120 Å². The average molecular weight is 237 g/mol. The van der Waals surface area contributed by atoms with Gasteiger partial charge in [-0.3, -0.25) is 4.79 Å². The van der Waals surface area contributed by atoms with Crippen molar-refractivity contribution < 1.29 is 20.5 Å². The van der Waals surface area contributed by atoms with Crippen LogP contribution in [0.15, 0.2) is 30.5 Å². The second-order valence-corrected chi connectivity index (χ2v) is 3.25. The maximum absolute atomic E-state index is 10.4. The van der Waals surface area contributed by atoms with Gasteiger partial charge in [0.05, 0.1) is 6.20 Å². The minimum absolute atomic E-state index is 0. The molecule has 4 N–H and O–H groups in total. The number of nitrogens with zero attached hydrogens (tertiary/aromatic N) is 3. The number of phenolic OH excluding ortho intramolecular Hbond substituents is 1. The van der Waals surface area contributed by atoms with Gasteiger partial charge in [0.15, 0.2) is 0 Å². The van der Waals surface area contributed by atoms with E-state index >= 15 is 0 Å². The highest BCUT2D eigenvalue weighted by molar-refractivity contribution is 5.66. The first-order valence-electron chi connectivity index (χ1n) is 4.56. The van der Waals surface area contributed by atoms with E-state index in [4.69, 9.17) is 5.11 Å². The third kappa shape index (κ3) is 3.02. The maximum atomic E-state index is 10.4. The molecule has 0 radical (unpaired) electrons. The molecule has 0 aliphatic carbocycles. The number of aromatic nitrogens is 3. The van der Waals surface area contributed by atoms with Crippen LogP contribution < -0.4 is 0 Å². The Morgan fingerprint density at radius 3 is 2.82 bits per heavy atom. The van der Waals surface area contributed by atoms with Gasteiger partial charge in [0.1, 0.15) is 18.0 Å². The number of benzene rings is 1. The summed E-state index contributed by atoms with van der Waals surface area (Å²) >= 11 is 0. The van der Waals surface area contributed by atoms with Gasteiger partial charge in [-0.05, 0) is 12.1 Å². The highest BCUT2D eigenvalue weighted by Gasteiger charge is 2.06. The molecule has 0 saturated heterocycles. The Labute approximate surface area is 96.2 Å². The lowest BCUT2D eigenvalue weighted by Gasteiger charge is -1.96. The van der Waals surface area contributed by atoms with Gasteiger partial charge in [-0.2, -0.15) is 0 Å². The van der Waals surface area contributed by atoms with Crippen molar-refractivity contribution in [3.8, 4) is 17.0 Å². The van der Waals surface area contributed by atoms with Gasteiger partial charge in [-0.1, -0.05) is 17.3 Å². The molecule has 0 atom stereocenters. The lowest BCUT2D eigenvalue weighted by atomic mass is 10.1. The largest absolute Gasteiger partial charge is 0.508 e. The zero-order chi connectivity index (χ0) is 11.5. The number of carboxylic acid groups (broad SMARTS) is 1. The Morgan fingerprint density at radius 2 is 2.18 bits per heavy atom. The summed E-state index contributed by atoms with van der Waals surface area (Å²) in [5, 5.41) is 25.3. The van der Waals surface area contributed by atoms with E-state index in [1.54, 1.807) is 18.2 Å². The smallest absolute Gasteiger partial charge is 0.325 e. The first-order chi connectivity index (χ1) is 7.65. The van der Waals surface area contributed by atoms with Crippen molar-refractivity contribution >= 4 is 5.97 Å². The maximum Gasteiger partial charge on any atom is 0.325 e. The van der Waals surface area contributed by atoms with E-state index in [1.165, 1.54) is 16.9 Å². The zero-order valence-corrected chi connectivity index (χ0v) is 8.74. The normalized spacial score (nSPS) is 9.65. The molecule has 0 fully saturated rings. The van der Waals surface area contributed by atoms with Crippen LogP contribution in [-0.2, 0) is 11.3 Å². The van der Waals surface area contributed by atoms with Crippen molar-refractivity contribution in [2.75, 3.05) is 0 Å². The van der Waals surface area contributed by atoms with E-state index in [0.29, 0.717) is 11.3 Å². The van der Waals surface area contributed by atoms with Crippen molar-refractivity contribution in [3.63, 3.8) is 0 Å². The van der Waals surface area contributed by atoms with Gasteiger partial charge in [-0.25, -0.2) is 4.68 Å². The molecule has 17 heavy (non-hydrogen) atoms. The molecular formula is C10H11N3O4. The molecular weight excluding hydrogens is 226 g/mol. The van der Waals surface area contributed by atoms with Crippen molar-refractivity contribution in [2.24, 2.45) is 0 Å². The molecule has 90 valence electrons. The predicted molar refractivity (Wildman–Crippen MR) is 58.4 cm³/mol. The first kappa shape index (κ1) is 12.7. The summed E-state index contributed by atoms with van der Waals surface area (Å²) in [6, 6.07) is 6.52. The monoisotopic (exact) mass is 237 g/mol. The van der Waals surface area contributed by atoms with Crippen molar-refractivity contribution in [2.45, 2.75) is 6.54 Å². The van der Waals surface area contributed by atoms with Gasteiger partial charge in [0.25, 0.3) is 0 Å². The minimum Gasteiger partial charge on any atom is -0.508 e. The summed E-state index contributed by atoms with van der Waals surface area (Å²) in [6.45, 7) is -0.230. The molecule has 7 heteroatoms. The Bertz CT molecular complexity index is 524. The minimum atomic E-state index is -0.979. The third-order valence-electron chi connectivity index (χ3n) is 1.98. The Hall–Kier alpha value is -2.41. The fraction of sp³-hybridized carbons (Fsp3) is 0.100. The molecule has 7 nitrogen and oxygen atoms in total. The summed E-state index contributed by atoms with van der Waals surface area (Å²) in [4.78, 5) is 10.4. The summed E-state index contributed by atoms with van der Waals surface area (Å²) in [5.74, 6) is -0.849. The number of aliphatic carboxylic acids is 1. The lowest BCUT2D eigenvalue weighted by Crippen LogP contribution is -2.08. The second kappa shape index (κ2) is 5.08. The summed E-state index contributed by atoms with van der Waals surface area (Å²) in [5.41, 5.74) is 1.22. The van der Waals surface area contributed by atoms with Crippen LogP contribution in [0.3, 0.4) is 0 Å². The number of hydrogen-bond donors (Lipinski definition) is 2. The molecule has 0 bridgehead atoms. The van der Waals surface area contributed by atoms with Gasteiger partial charge in [0, 0.05) is 5.56 Å². The average Bonchev–Trinajstić information content (AvgIpc) is 2.65. The highest BCUT2D eigenvalue weighted by atomic mass is 16.4. The standard InChI is InChI=1S/C10H9N3O3.H2O/c14-8-3-1-2-7(4-8)9-5-13(12-11-9)6-10(15)16;/h1-5,14H,6H2,(H,15,16);1H2. The molecule has 0 saturated carbocycles. The molecule has 0 unspecified atom stereocenters. The van der Waals surface area contributed by atoms with Gasteiger partial charge >= 0.3 is 5.97 Å². The third-order valence-corrected chi connectivity index (χ3v) is 1.98. The second-order valence-electron chi connectivity index (χ2n) is 3.25. The quantitative estimate of drug-likeness (QED) is 0.772. The molecule has 0 aliphatic rings. The molecule has 1 heterocycles.